The number of hydrogen-bond donors (Lipinski definition) is 1. The molecule has 0 radical (unpaired) electrons. The van der Waals surface area contributed by atoms with Crippen molar-refractivity contribution in [3.63, 3.8) is 0 Å². The van der Waals surface area contributed by atoms with Crippen molar-refractivity contribution in [2.45, 2.75) is 44.6 Å². The summed E-state index contributed by atoms with van der Waals surface area (Å²) in [6.07, 6.45) is 0. The molecule has 0 spiro atoms. The van der Waals surface area contributed by atoms with Gasteiger partial charge in [-0.2, -0.15) is 0 Å². The van der Waals surface area contributed by atoms with Crippen molar-refractivity contribution in [1.29, 1.82) is 0 Å². The minimum Gasteiger partial charge on any atom is -0.325 e. The Balaban J connectivity index is 1.76. The molecule has 0 aliphatic rings. The second-order valence-electron chi connectivity index (χ2n) is 6.75. The number of nitrogens with zero attached hydrogens (tertiary/aromatic N) is 3. The number of anilines is 1. The zero-order chi connectivity index (χ0) is 21.0. The fourth-order valence-corrected chi connectivity index (χ4v) is 3.87. The lowest BCUT2D eigenvalue weighted by atomic mass is 10.1. The molecule has 0 saturated heterocycles. The van der Waals surface area contributed by atoms with Crippen LogP contribution in [0.4, 0.5) is 5.69 Å². The van der Waals surface area contributed by atoms with Gasteiger partial charge in [0, 0.05) is 23.4 Å². The van der Waals surface area contributed by atoms with Gasteiger partial charge < -0.3 is 9.88 Å². The number of ketones is 1. The smallest absolute Gasteiger partial charge is 0.237 e. The van der Waals surface area contributed by atoms with E-state index in [9.17, 15) is 9.59 Å². The molecule has 6 nitrogen and oxygen atoms in total. The van der Waals surface area contributed by atoms with Gasteiger partial charge in [-0.3, -0.25) is 9.59 Å². The van der Waals surface area contributed by atoms with Crippen LogP contribution in [0.2, 0.25) is 0 Å². The first-order valence-corrected chi connectivity index (χ1v) is 10.4. The molecule has 0 fully saturated rings. The average molecular weight is 409 g/mol. The lowest BCUT2D eigenvalue weighted by Crippen LogP contribution is -2.23. The molecule has 0 unspecified atom stereocenters. The van der Waals surface area contributed by atoms with E-state index >= 15 is 0 Å². The van der Waals surface area contributed by atoms with E-state index in [4.69, 9.17) is 0 Å². The summed E-state index contributed by atoms with van der Waals surface area (Å²) in [5, 5.41) is 11.9. The Hall–Kier alpha value is -2.93. The number of rotatable bonds is 7. The van der Waals surface area contributed by atoms with Gasteiger partial charge in [-0.25, -0.2) is 0 Å². The monoisotopic (exact) mass is 408 g/mol. The van der Waals surface area contributed by atoms with Crippen LogP contribution in [-0.4, -0.2) is 31.7 Å². The topological polar surface area (TPSA) is 76.9 Å². The zero-order valence-corrected chi connectivity index (χ0v) is 17.8. The molecule has 1 N–H and O–H groups in total. The number of carbonyl (C=O) groups excluding carboxylic acids is 2. The summed E-state index contributed by atoms with van der Waals surface area (Å²) >= 11 is 1.36. The molecule has 0 aliphatic heterocycles. The van der Waals surface area contributed by atoms with E-state index in [0.29, 0.717) is 23.0 Å². The van der Waals surface area contributed by atoms with Crippen molar-refractivity contribution in [2.24, 2.45) is 0 Å². The van der Waals surface area contributed by atoms with E-state index in [-0.39, 0.29) is 16.9 Å². The van der Waals surface area contributed by atoms with Crippen LogP contribution in [-0.2, 0) is 11.3 Å². The average Bonchev–Trinajstić information content (AvgIpc) is 3.10. The minimum atomic E-state index is -0.379. The number of thioether (sulfide) groups is 1. The van der Waals surface area contributed by atoms with Gasteiger partial charge in [0.15, 0.2) is 16.8 Å². The lowest BCUT2D eigenvalue weighted by Gasteiger charge is -2.13. The maximum Gasteiger partial charge on any atom is 0.237 e. The standard InChI is InChI=1S/C22H24N4O2S/c1-5-26-20(19-12-7-6-9-14(19)2)24-25-22(26)29-16(4)21(28)23-18-11-8-10-17(13-18)15(3)27/h6-13,16H,5H2,1-4H3,(H,23,28)/t16-/m0/s1. The van der Waals surface area contributed by atoms with Gasteiger partial charge in [0.05, 0.1) is 5.25 Å². The van der Waals surface area contributed by atoms with Gasteiger partial charge in [0.25, 0.3) is 0 Å². The van der Waals surface area contributed by atoms with Gasteiger partial charge in [0.1, 0.15) is 0 Å². The Morgan fingerprint density at radius 3 is 2.59 bits per heavy atom. The fraction of sp³-hybridized carbons (Fsp3) is 0.273. The Morgan fingerprint density at radius 2 is 1.90 bits per heavy atom. The summed E-state index contributed by atoms with van der Waals surface area (Å²) in [4.78, 5) is 24.2. The lowest BCUT2D eigenvalue weighted by molar-refractivity contribution is -0.115. The molecule has 0 saturated carbocycles. The summed E-state index contributed by atoms with van der Waals surface area (Å²) in [5.41, 5.74) is 3.33. The highest BCUT2D eigenvalue weighted by Gasteiger charge is 2.21. The van der Waals surface area contributed by atoms with Crippen molar-refractivity contribution in [2.75, 3.05) is 5.32 Å². The number of hydrogen-bond acceptors (Lipinski definition) is 5. The van der Waals surface area contributed by atoms with Crippen LogP contribution < -0.4 is 5.32 Å². The second kappa shape index (κ2) is 9.05. The number of aryl methyl sites for hydroxylation is 1. The first-order valence-electron chi connectivity index (χ1n) is 9.48. The van der Waals surface area contributed by atoms with Crippen LogP contribution in [0.25, 0.3) is 11.4 Å². The predicted molar refractivity (Wildman–Crippen MR) is 116 cm³/mol. The van der Waals surface area contributed by atoms with E-state index in [1.54, 1.807) is 24.3 Å². The van der Waals surface area contributed by atoms with Gasteiger partial charge in [-0.05, 0) is 45.4 Å². The number of amides is 1. The van der Waals surface area contributed by atoms with E-state index in [0.717, 1.165) is 17.0 Å². The maximum atomic E-state index is 12.7. The maximum absolute atomic E-state index is 12.7. The quantitative estimate of drug-likeness (QED) is 0.457. The number of carbonyl (C=O) groups is 2. The van der Waals surface area contributed by atoms with E-state index < -0.39 is 0 Å². The normalized spacial score (nSPS) is 11.9. The molecular weight excluding hydrogens is 384 g/mol. The number of benzene rings is 2. The zero-order valence-electron chi connectivity index (χ0n) is 17.0. The van der Waals surface area contributed by atoms with Crippen LogP contribution >= 0.6 is 11.8 Å². The number of Topliss-reactive ketones (excluding diaryl/α,β-unsaturated/α-hetero) is 1. The van der Waals surface area contributed by atoms with E-state index in [1.807, 2.05) is 49.6 Å². The van der Waals surface area contributed by atoms with Crippen molar-refractivity contribution < 1.29 is 9.59 Å². The van der Waals surface area contributed by atoms with Crippen LogP contribution in [0.15, 0.2) is 53.7 Å². The van der Waals surface area contributed by atoms with Crippen LogP contribution in [0.1, 0.15) is 36.7 Å². The highest BCUT2D eigenvalue weighted by atomic mass is 32.2. The molecule has 3 rings (SSSR count). The predicted octanol–water partition coefficient (Wildman–Crippen LogP) is 4.60. The van der Waals surface area contributed by atoms with Crippen molar-refractivity contribution in [3.05, 3.63) is 59.7 Å². The third-order valence-electron chi connectivity index (χ3n) is 4.61. The van der Waals surface area contributed by atoms with Crippen molar-refractivity contribution >= 4 is 29.1 Å². The van der Waals surface area contributed by atoms with E-state index in [1.165, 1.54) is 18.7 Å². The first kappa shape index (κ1) is 20.8. The fourth-order valence-electron chi connectivity index (χ4n) is 2.96. The number of aromatic nitrogens is 3. The molecule has 29 heavy (non-hydrogen) atoms. The Kier molecular flexibility index (Phi) is 6.49. The molecule has 1 atom stereocenters. The molecule has 1 amide bonds. The highest BCUT2D eigenvalue weighted by Crippen LogP contribution is 2.28. The Morgan fingerprint density at radius 1 is 1.14 bits per heavy atom. The summed E-state index contributed by atoms with van der Waals surface area (Å²) in [6.45, 7) is 8.11. The Bertz CT molecular complexity index is 1040. The van der Waals surface area contributed by atoms with Gasteiger partial charge in [-0.1, -0.05) is 48.2 Å². The molecule has 3 aromatic rings. The summed E-state index contributed by atoms with van der Waals surface area (Å²) < 4.78 is 2.02. The summed E-state index contributed by atoms with van der Waals surface area (Å²) in [6, 6.07) is 15.0. The number of nitrogens with one attached hydrogen (secondary N) is 1. The van der Waals surface area contributed by atoms with Crippen LogP contribution in [0, 0.1) is 6.92 Å². The van der Waals surface area contributed by atoms with Gasteiger partial charge in [0.2, 0.25) is 5.91 Å². The third-order valence-corrected chi connectivity index (χ3v) is 5.69. The van der Waals surface area contributed by atoms with Crippen molar-refractivity contribution in [3.8, 4) is 11.4 Å². The Labute approximate surface area is 174 Å². The second-order valence-corrected chi connectivity index (χ2v) is 8.06. The SMILES string of the molecule is CCn1c(S[C@@H](C)C(=O)Nc2cccc(C(C)=O)c2)nnc1-c1ccccc1C. The molecule has 7 heteroatoms. The van der Waals surface area contributed by atoms with Gasteiger partial charge >= 0.3 is 0 Å². The van der Waals surface area contributed by atoms with Crippen molar-refractivity contribution in [1.82, 2.24) is 14.8 Å². The first-order chi connectivity index (χ1) is 13.9. The molecule has 1 aromatic heterocycles. The summed E-state index contributed by atoms with van der Waals surface area (Å²) in [7, 11) is 0. The molecule has 0 bridgehead atoms. The van der Waals surface area contributed by atoms with Crippen LogP contribution in [0.3, 0.4) is 0 Å². The van der Waals surface area contributed by atoms with E-state index in [2.05, 4.69) is 15.5 Å². The summed E-state index contributed by atoms with van der Waals surface area (Å²) in [5.74, 6) is 0.608. The highest BCUT2D eigenvalue weighted by molar-refractivity contribution is 8.00. The molecule has 0 aliphatic carbocycles. The molecular formula is C22H24N4O2S. The van der Waals surface area contributed by atoms with Gasteiger partial charge in [-0.15, -0.1) is 10.2 Å². The molecule has 2 aromatic carbocycles. The molecule has 150 valence electrons. The molecule has 1 heterocycles. The third kappa shape index (κ3) is 4.74. The largest absolute Gasteiger partial charge is 0.325 e. The minimum absolute atomic E-state index is 0.0386. The van der Waals surface area contributed by atoms with Crippen LogP contribution in [0.5, 0.6) is 0 Å².